The van der Waals surface area contributed by atoms with E-state index in [1.165, 1.54) is 11.3 Å². The van der Waals surface area contributed by atoms with Crippen LogP contribution >= 0.6 is 11.3 Å². The third kappa shape index (κ3) is 3.72. The van der Waals surface area contributed by atoms with Gasteiger partial charge in [0.15, 0.2) is 11.6 Å². The van der Waals surface area contributed by atoms with E-state index in [1.807, 2.05) is 91.0 Å². The molecule has 1 amide bonds. The molecule has 41 heavy (non-hydrogen) atoms. The van der Waals surface area contributed by atoms with Gasteiger partial charge in [-0.3, -0.25) is 14.4 Å². The fourth-order valence-corrected chi connectivity index (χ4v) is 7.58. The fourth-order valence-electron chi connectivity index (χ4n) is 6.88. The summed E-state index contributed by atoms with van der Waals surface area (Å²) in [5, 5.41) is 4.94. The van der Waals surface area contributed by atoms with E-state index in [4.69, 9.17) is 4.74 Å². The van der Waals surface area contributed by atoms with Crippen LogP contribution in [0.4, 0.5) is 5.69 Å². The van der Waals surface area contributed by atoms with E-state index in [0.29, 0.717) is 21.9 Å². The Balaban J connectivity index is 1.48. The van der Waals surface area contributed by atoms with E-state index in [-0.39, 0.29) is 23.6 Å². The summed E-state index contributed by atoms with van der Waals surface area (Å²) in [7, 11) is 0. The zero-order valence-corrected chi connectivity index (χ0v) is 23.4. The van der Waals surface area contributed by atoms with Crippen molar-refractivity contribution in [3.63, 3.8) is 0 Å². The van der Waals surface area contributed by atoms with Crippen LogP contribution in [-0.4, -0.2) is 34.5 Å². The molecule has 0 bridgehead atoms. The number of ketones is 2. The Hall–Kier alpha value is -4.49. The van der Waals surface area contributed by atoms with Gasteiger partial charge in [0.1, 0.15) is 17.2 Å². The lowest BCUT2D eigenvalue weighted by atomic mass is 9.63. The normalized spacial score (nSPS) is 23.7. The van der Waals surface area contributed by atoms with Crippen LogP contribution in [0.15, 0.2) is 96.5 Å². The van der Waals surface area contributed by atoms with E-state index in [0.717, 1.165) is 16.7 Å². The summed E-state index contributed by atoms with van der Waals surface area (Å²) in [5.74, 6) is -1.01. The van der Waals surface area contributed by atoms with Gasteiger partial charge in [-0.15, -0.1) is 11.3 Å². The molecule has 7 rings (SSSR count). The van der Waals surface area contributed by atoms with Gasteiger partial charge in [0.05, 0.1) is 22.9 Å². The van der Waals surface area contributed by atoms with Crippen LogP contribution in [0.25, 0.3) is 6.08 Å². The summed E-state index contributed by atoms with van der Waals surface area (Å²) in [6, 6.07) is 24.7. The lowest BCUT2D eigenvalue weighted by Crippen LogP contribution is -2.49. The molecular weight excluding hydrogens is 532 g/mol. The lowest BCUT2D eigenvalue weighted by molar-refractivity contribution is -0.122. The molecule has 3 aromatic carbocycles. The van der Waals surface area contributed by atoms with Crippen LogP contribution in [0.1, 0.15) is 56.6 Å². The van der Waals surface area contributed by atoms with Gasteiger partial charge in [0.2, 0.25) is 5.91 Å². The third-order valence-corrected chi connectivity index (χ3v) is 9.28. The number of Topliss-reactive ketones (excluding diaryl/α,β-unsaturated/α-hetero) is 2. The van der Waals surface area contributed by atoms with Crippen molar-refractivity contribution in [2.24, 2.45) is 5.92 Å². The number of nitrogens with zero attached hydrogens (tertiary/aromatic N) is 1. The first-order chi connectivity index (χ1) is 19.9. The van der Waals surface area contributed by atoms with Gasteiger partial charge in [-0.05, 0) is 78.4 Å². The Morgan fingerprint density at radius 3 is 2.44 bits per heavy atom. The average molecular weight is 561 g/mol. The third-order valence-electron chi connectivity index (χ3n) is 8.40. The van der Waals surface area contributed by atoms with E-state index in [1.54, 1.807) is 30.3 Å². The monoisotopic (exact) mass is 560 g/mol. The highest BCUT2D eigenvalue weighted by molar-refractivity contribution is 7.12. The number of thiophene rings is 1. The maximum atomic E-state index is 14.8. The first-order valence-electron chi connectivity index (χ1n) is 13.8. The summed E-state index contributed by atoms with van der Waals surface area (Å²) in [6.07, 6.45) is 3.85. The summed E-state index contributed by atoms with van der Waals surface area (Å²) in [4.78, 5) is 46.2. The molecule has 1 fully saturated rings. The average Bonchev–Trinajstić information content (AvgIpc) is 3.69. The number of nitrogens with one attached hydrogen (secondary N) is 1. The predicted octanol–water partition coefficient (Wildman–Crippen LogP) is 6.52. The number of fused-ring (bicyclic) bond motifs is 6. The maximum absolute atomic E-state index is 14.8. The standard InChI is InChI=1S/C34H28N2O4S/c1-20(2)40-23-15-13-22(14-16-23)30(37)28-29(31(38)27-12-7-19-41-27)36-18-17-21-8-3-4-9-24(21)32(36)34(28)25-10-5-6-11-26(25)35-33(34)39/h3-20,28-29,32H,1-2H3,(H,35,39)/t28-,29+,32-,34-/m1/s1. The number of benzene rings is 3. The summed E-state index contributed by atoms with van der Waals surface area (Å²) in [6.45, 7) is 3.89. The zero-order valence-electron chi connectivity index (χ0n) is 22.6. The van der Waals surface area contributed by atoms with Crippen molar-refractivity contribution in [2.45, 2.75) is 37.5 Å². The highest BCUT2D eigenvalue weighted by Gasteiger charge is 2.70. The highest BCUT2D eigenvalue weighted by atomic mass is 32.1. The topological polar surface area (TPSA) is 75.7 Å². The van der Waals surface area contributed by atoms with Crippen LogP contribution in [0.5, 0.6) is 5.75 Å². The molecule has 3 aliphatic heterocycles. The van der Waals surface area contributed by atoms with E-state index in [2.05, 4.69) is 5.32 Å². The smallest absolute Gasteiger partial charge is 0.238 e. The van der Waals surface area contributed by atoms with Crippen LogP contribution < -0.4 is 10.1 Å². The number of rotatable bonds is 6. The van der Waals surface area contributed by atoms with Crippen LogP contribution in [0, 0.1) is 5.92 Å². The van der Waals surface area contributed by atoms with Gasteiger partial charge >= 0.3 is 0 Å². The largest absolute Gasteiger partial charge is 0.491 e. The minimum absolute atomic E-state index is 0.0103. The van der Waals surface area contributed by atoms with Crippen molar-refractivity contribution < 1.29 is 19.1 Å². The minimum Gasteiger partial charge on any atom is -0.491 e. The number of carbonyl (C=O) groups is 3. The second-order valence-electron chi connectivity index (χ2n) is 11.0. The van der Waals surface area contributed by atoms with Crippen molar-refractivity contribution in [1.29, 1.82) is 0 Å². The minimum atomic E-state index is -1.33. The molecule has 4 heterocycles. The fraction of sp³-hybridized carbons (Fsp3) is 0.206. The molecule has 0 radical (unpaired) electrons. The molecule has 7 heteroatoms. The SMILES string of the molecule is CC(C)Oc1ccc(C(=O)[C@H]2[C@@H](C(=O)c3cccs3)N3C=Cc4ccccc4[C@@H]3[C@]23C(=O)Nc2ccccc23)cc1. The molecule has 4 atom stereocenters. The number of carbonyl (C=O) groups excluding carboxylic acids is 3. The van der Waals surface area contributed by atoms with Crippen LogP contribution in [0.2, 0.25) is 0 Å². The molecule has 1 spiro atoms. The molecule has 4 aromatic rings. The molecule has 6 nitrogen and oxygen atoms in total. The second kappa shape index (κ2) is 9.56. The van der Waals surface area contributed by atoms with Gasteiger partial charge in [-0.2, -0.15) is 0 Å². The van der Waals surface area contributed by atoms with Gasteiger partial charge in [0, 0.05) is 17.5 Å². The highest BCUT2D eigenvalue weighted by Crippen LogP contribution is 2.62. The molecule has 0 aliphatic carbocycles. The second-order valence-corrected chi connectivity index (χ2v) is 11.9. The predicted molar refractivity (Wildman–Crippen MR) is 159 cm³/mol. The van der Waals surface area contributed by atoms with Gasteiger partial charge in [0.25, 0.3) is 0 Å². The summed E-state index contributed by atoms with van der Waals surface area (Å²) >= 11 is 1.35. The molecule has 0 unspecified atom stereocenters. The molecule has 204 valence electrons. The number of ether oxygens (including phenoxy) is 1. The molecule has 0 saturated carbocycles. The van der Waals surface area contributed by atoms with Gasteiger partial charge in [-0.1, -0.05) is 48.5 Å². The maximum Gasteiger partial charge on any atom is 0.238 e. The Morgan fingerprint density at radius 2 is 1.68 bits per heavy atom. The van der Waals surface area contributed by atoms with Crippen LogP contribution in [-0.2, 0) is 10.2 Å². The van der Waals surface area contributed by atoms with Gasteiger partial charge < -0.3 is 15.0 Å². The first-order valence-corrected chi connectivity index (χ1v) is 14.6. The Kier molecular flexibility index (Phi) is 5.94. The van der Waals surface area contributed by atoms with Crippen molar-refractivity contribution in [1.82, 2.24) is 4.90 Å². The first kappa shape index (κ1) is 25.5. The lowest BCUT2D eigenvalue weighted by Gasteiger charge is -2.38. The Morgan fingerprint density at radius 1 is 0.927 bits per heavy atom. The van der Waals surface area contributed by atoms with Crippen molar-refractivity contribution in [2.75, 3.05) is 5.32 Å². The molecular formula is C34H28N2O4S. The Bertz CT molecular complexity index is 1710. The van der Waals surface area contributed by atoms with E-state index < -0.39 is 23.4 Å². The number of hydrogen-bond acceptors (Lipinski definition) is 6. The number of amides is 1. The molecule has 3 aliphatic rings. The van der Waals surface area contributed by atoms with E-state index in [9.17, 15) is 14.4 Å². The quantitative estimate of drug-likeness (QED) is 0.272. The number of para-hydroxylation sites is 1. The molecule has 1 N–H and O–H groups in total. The number of hydrogen-bond donors (Lipinski definition) is 1. The number of anilines is 1. The Labute approximate surface area is 242 Å². The molecule has 1 saturated heterocycles. The molecule has 1 aromatic heterocycles. The van der Waals surface area contributed by atoms with Crippen molar-refractivity contribution in [3.05, 3.63) is 124 Å². The van der Waals surface area contributed by atoms with Gasteiger partial charge in [-0.25, -0.2) is 0 Å². The summed E-state index contributed by atoms with van der Waals surface area (Å²) in [5.41, 5.74) is 2.40. The summed E-state index contributed by atoms with van der Waals surface area (Å²) < 4.78 is 5.81. The van der Waals surface area contributed by atoms with Crippen molar-refractivity contribution >= 4 is 40.6 Å². The van der Waals surface area contributed by atoms with Crippen molar-refractivity contribution in [3.8, 4) is 5.75 Å². The zero-order chi connectivity index (χ0) is 28.3. The van der Waals surface area contributed by atoms with Crippen LogP contribution in [0.3, 0.4) is 0 Å². The van der Waals surface area contributed by atoms with E-state index >= 15 is 0 Å².